The topological polar surface area (TPSA) is 94.9 Å². The number of nitrogens with zero attached hydrogens (tertiary/aromatic N) is 2. The van der Waals surface area contributed by atoms with Gasteiger partial charge in [-0.15, -0.1) is 11.3 Å². The van der Waals surface area contributed by atoms with Gasteiger partial charge >= 0.3 is 0 Å². The molecule has 118 valence electrons. The molecule has 2 aromatic rings. The highest BCUT2D eigenvalue weighted by Crippen LogP contribution is 2.27. The zero-order valence-corrected chi connectivity index (χ0v) is 15.0. The maximum absolute atomic E-state index is 12.2. The second-order valence-electron chi connectivity index (χ2n) is 4.39. The van der Waals surface area contributed by atoms with E-state index in [1.807, 2.05) is 13.0 Å². The Bertz CT molecular complexity index is 820. The molecule has 0 aliphatic rings. The Balaban J connectivity index is 1.94. The zero-order valence-electron chi connectivity index (χ0n) is 11.8. The molecule has 0 atom stereocenters. The molecule has 2 aromatic heterocycles. The predicted octanol–water partition coefficient (Wildman–Crippen LogP) is 2.74. The number of halogens is 1. The van der Waals surface area contributed by atoms with Gasteiger partial charge in [-0.05, 0) is 31.4 Å². The molecule has 0 aromatic carbocycles. The third kappa shape index (κ3) is 3.77. The fraction of sp³-hybridized carbons (Fsp3) is 0.333. The van der Waals surface area contributed by atoms with Crippen molar-refractivity contribution < 1.29 is 8.42 Å². The summed E-state index contributed by atoms with van der Waals surface area (Å²) in [4.78, 5) is 2.03. The predicted molar refractivity (Wildman–Crippen MR) is 89.3 cm³/mol. The molecule has 0 saturated carbocycles. The fourth-order valence-electron chi connectivity index (χ4n) is 1.80. The molecule has 0 saturated heterocycles. The summed E-state index contributed by atoms with van der Waals surface area (Å²) in [5.74, 6) is 0. The largest absolute Gasteiger partial charge is 0.373 e. The minimum Gasteiger partial charge on any atom is -0.373 e. The lowest BCUT2D eigenvalue weighted by molar-refractivity contribution is 0.583. The van der Waals surface area contributed by atoms with Gasteiger partial charge in [0.2, 0.25) is 10.0 Å². The molecule has 6 nitrogen and oxygen atoms in total. The lowest BCUT2D eigenvalue weighted by Crippen LogP contribution is -2.29. The van der Waals surface area contributed by atoms with Gasteiger partial charge in [0.05, 0.1) is 4.90 Å². The van der Waals surface area contributed by atoms with E-state index in [-0.39, 0.29) is 17.3 Å². The first-order valence-electron chi connectivity index (χ1n) is 6.21. The van der Waals surface area contributed by atoms with Gasteiger partial charge < -0.3 is 5.32 Å². The molecule has 0 aliphatic carbocycles. The molecule has 0 spiro atoms. The smallest absolute Gasteiger partial charge is 0.241 e. The van der Waals surface area contributed by atoms with Crippen LogP contribution < -0.4 is 10.0 Å². The average Bonchev–Trinajstić information content (AvgIpc) is 2.97. The van der Waals surface area contributed by atoms with E-state index < -0.39 is 10.0 Å². The maximum atomic E-state index is 12.2. The first-order chi connectivity index (χ1) is 10.3. The maximum Gasteiger partial charge on any atom is 0.241 e. The van der Waals surface area contributed by atoms with Crippen LogP contribution in [0.1, 0.15) is 15.3 Å². The Morgan fingerprint density at radius 1 is 1.41 bits per heavy atom. The summed E-state index contributed by atoms with van der Waals surface area (Å²) in [5.41, 5.74) is 0.277. The summed E-state index contributed by atoms with van der Waals surface area (Å²) >= 11 is 8.27. The first-order valence-corrected chi connectivity index (χ1v) is 9.66. The number of hydrogen-bond donors (Lipinski definition) is 2. The van der Waals surface area contributed by atoms with E-state index in [1.165, 1.54) is 11.3 Å². The van der Waals surface area contributed by atoms with Gasteiger partial charge in [-0.1, -0.05) is 11.6 Å². The number of aromatic nitrogens is 1. The van der Waals surface area contributed by atoms with E-state index >= 15 is 0 Å². The van der Waals surface area contributed by atoms with E-state index in [0.717, 1.165) is 21.3 Å². The summed E-state index contributed by atoms with van der Waals surface area (Å²) in [5, 5.41) is 12.6. The molecule has 2 N–H and O–H groups in total. The Morgan fingerprint density at radius 2 is 2.14 bits per heavy atom. The number of rotatable bonds is 6. The number of nitrogens with one attached hydrogen (secondary N) is 2. The minimum absolute atomic E-state index is 0.153. The van der Waals surface area contributed by atoms with Crippen LogP contribution in [0.5, 0.6) is 0 Å². The second kappa shape index (κ2) is 6.93. The average molecular weight is 377 g/mol. The van der Waals surface area contributed by atoms with Crippen molar-refractivity contribution in [2.75, 3.05) is 18.4 Å². The second-order valence-corrected chi connectivity index (χ2v) is 8.72. The van der Waals surface area contributed by atoms with Gasteiger partial charge in [-0.3, -0.25) is 0 Å². The standard InChI is InChI=1S/C12H13ClN4O2S3/c1-7-5-10(8(2)20-7)22(18,19)16-4-3-15-12-9(6-14)11(13)17-21-12/h5,15-16H,3-4H2,1-2H3. The van der Waals surface area contributed by atoms with Crippen LogP contribution >= 0.6 is 34.5 Å². The zero-order chi connectivity index (χ0) is 16.3. The van der Waals surface area contributed by atoms with Crippen LogP contribution in [0.2, 0.25) is 5.15 Å². The molecule has 0 unspecified atom stereocenters. The van der Waals surface area contributed by atoms with Gasteiger partial charge in [-0.25, -0.2) is 13.1 Å². The van der Waals surface area contributed by atoms with Crippen molar-refractivity contribution in [3.8, 4) is 6.07 Å². The molecule has 10 heteroatoms. The summed E-state index contributed by atoms with van der Waals surface area (Å²) in [7, 11) is -3.52. The van der Waals surface area contributed by atoms with E-state index in [4.69, 9.17) is 16.9 Å². The van der Waals surface area contributed by atoms with Crippen LogP contribution in [-0.4, -0.2) is 25.9 Å². The van der Waals surface area contributed by atoms with Crippen LogP contribution in [0.4, 0.5) is 5.00 Å². The lowest BCUT2D eigenvalue weighted by Gasteiger charge is -2.07. The summed E-state index contributed by atoms with van der Waals surface area (Å²) in [6.45, 7) is 4.17. The highest BCUT2D eigenvalue weighted by Gasteiger charge is 2.18. The molecule has 0 fully saturated rings. The summed E-state index contributed by atoms with van der Waals surface area (Å²) in [6, 6.07) is 3.61. The van der Waals surface area contributed by atoms with Crippen molar-refractivity contribution in [2.24, 2.45) is 0 Å². The highest BCUT2D eigenvalue weighted by atomic mass is 35.5. The SMILES string of the molecule is Cc1cc(S(=O)(=O)NCCNc2snc(Cl)c2C#N)c(C)s1. The van der Waals surface area contributed by atoms with Crippen molar-refractivity contribution in [2.45, 2.75) is 18.7 Å². The Morgan fingerprint density at radius 3 is 2.73 bits per heavy atom. The normalized spacial score (nSPS) is 11.4. The van der Waals surface area contributed by atoms with Crippen LogP contribution in [-0.2, 0) is 10.0 Å². The molecule has 2 heterocycles. The molecule has 0 amide bonds. The molecule has 0 bridgehead atoms. The number of anilines is 1. The van der Waals surface area contributed by atoms with Crippen molar-refractivity contribution in [1.82, 2.24) is 9.10 Å². The number of aryl methyl sites for hydroxylation is 2. The number of sulfonamides is 1. The first kappa shape index (κ1) is 17.2. The van der Waals surface area contributed by atoms with Gasteiger partial charge in [0, 0.05) is 22.8 Å². The van der Waals surface area contributed by atoms with Crippen LogP contribution in [0.3, 0.4) is 0 Å². The van der Waals surface area contributed by atoms with Crippen molar-refractivity contribution >= 4 is 49.5 Å². The van der Waals surface area contributed by atoms with E-state index in [0.29, 0.717) is 16.4 Å². The number of nitriles is 1. The van der Waals surface area contributed by atoms with Gasteiger partial charge in [0.1, 0.15) is 16.6 Å². The molecule has 0 radical (unpaired) electrons. The van der Waals surface area contributed by atoms with Gasteiger partial charge in [0.15, 0.2) is 5.15 Å². The Hall–Kier alpha value is -1.18. The molecular weight excluding hydrogens is 364 g/mol. The van der Waals surface area contributed by atoms with Crippen LogP contribution in [0.25, 0.3) is 0 Å². The fourth-order valence-corrected chi connectivity index (χ4v) is 5.35. The molecule has 22 heavy (non-hydrogen) atoms. The van der Waals surface area contributed by atoms with Gasteiger partial charge in [0.25, 0.3) is 0 Å². The van der Waals surface area contributed by atoms with Crippen LogP contribution in [0, 0.1) is 25.2 Å². The Labute approximate surface area is 142 Å². The summed E-state index contributed by atoms with van der Waals surface area (Å²) in [6.07, 6.45) is 0. The molecule has 0 aliphatic heterocycles. The van der Waals surface area contributed by atoms with Crippen molar-refractivity contribution in [1.29, 1.82) is 5.26 Å². The summed E-state index contributed by atoms with van der Waals surface area (Å²) < 4.78 is 30.8. The number of thiophene rings is 1. The molecule has 2 rings (SSSR count). The van der Waals surface area contributed by atoms with Gasteiger partial charge in [-0.2, -0.15) is 9.64 Å². The van der Waals surface area contributed by atoms with Crippen LogP contribution in [0.15, 0.2) is 11.0 Å². The minimum atomic E-state index is -3.52. The van der Waals surface area contributed by atoms with E-state index in [9.17, 15) is 8.42 Å². The van der Waals surface area contributed by atoms with E-state index in [2.05, 4.69) is 14.4 Å². The highest BCUT2D eigenvalue weighted by molar-refractivity contribution is 7.89. The third-order valence-corrected chi connectivity index (χ3v) is 6.61. The monoisotopic (exact) mass is 376 g/mol. The Kier molecular flexibility index (Phi) is 5.41. The van der Waals surface area contributed by atoms with E-state index in [1.54, 1.807) is 13.0 Å². The number of hydrogen-bond acceptors (Lipinski definition) is 7. The quantitative estimate of drug-likeness (QED) is 0.756. The van der Waals surface area contributed by atoms with Crippen molar-refractivity contribution in [3.63, 3.8) is 0 Å². The third-order valence-electron chi connectivity index (χ3n) is 2.75. The lowest BCUT2D eigenvalue weighted by atomic mass is 10.4. The van der Waals surface area contributed by atoms with Crippen molar-refractivity contribution in [3.05, 3.63) is 26.5 Å². The molecular formula is C12H13ClN4O2S3.